The molecule has 1 saturated carbocycles. The Bertz CT molecular complexity index is 353. The lowest BCUT2D eigenvalue weighted by Crippen LogP contribution is -2.38. The second-order valence-corrected chi connectivity index (χ2v) is 5.80. The second-order valence-electron chi connectivity index (χ2n) is 5.80. The van der Waals surface area contributed by atoms with Gasteiger partial charge in [-0.15, -0.1) is 0 Å². The predicted molar refractivity (Wildman–Crippen MR) is 61.5 cm³/mol. The fourth-order valence-corrected chi connectivity index (χ4v) is 2.22. The van der Waals surface area contributed by atoms with Crippen LogP contribution in [0.3, 0.4) is 0 Å². The van der Waals surface area contributed by atoms with E-state index >= 15 is 0 Å². The third kappa shape index (κ3) is 1.81. The number of imidazole rings is 1. The van der Waals surface area contributed by atoms with Crippen LogP contribution in [-0.2, 0) is 11.1 Å². The molecule has 0 atom stereocenters. The maximum atomic E-state index is 6.16. The number of hydrogen-bond donors (Lipinski definition) is 1. The van der Waals surface area contributed by atoms with Crippen LogP contribution in [0.15, 0.2) is 12.5 Å². The summed E-state index contributed by atoms with van der Waals surface area (Å²) in [6, 6.07) is 0. The third-order valence-corrected chi connectivity index (χ3v) is 3.50. The Morgan fingerprint density at radius 1 is 1.33 bits per heavy atom. The van der Waals surface area contributed by atoms with Gasteiger partial charge in [-0.05, 0) is 46.5 Å². The number of rotatable bonds is 3. The van der Waals surface area contributed by atoms with Gasteiger partial charge in [0.2, 0.25) is 0 Å². The van der Waals surface area contributed by atoms with E-state index < -0.39 is 0 Å². The van der Waals surface area contributed by atoms with Crippen LogP contribution in [0.2, 0.25) is 0 Å². The van der Waals surface area contributed by atoms with Gasteiger partial charge in [0.15, 0.2) is 0 Å². The standard InChI is InChI=1S/C12H21N3/c1-11(2,13)10-7-14-8-15(10)12(3,4)9-5-6-9/h7-9H,5-6,13H2,1-4H3. The molecule has 1 aliphatic rings. The van der Waals surface area contributed by atoms with Crippen LogP contribution in [0.4, 0.5) is 0 Å². The largest absolute Gasteiger partial charge is 0.327 e. The molecule has 0 aliphatic heterocycles. The molecule has 15 heavy (non-hydrogen) atoms. The number of nitrogens with zero attached hydrogens (tertiary/aromatic N) is 2. The molecule has 0 aromatic carbocycles. The highest BCUT2D eigenvalue weighted by Crippen LogP contribution is 2.44. The molecule has 1 aromatic heterocycles. The van der Waals surface area contributed by atoms with Crippen LogP contribution in [0.1, 0.15) is 46.2 Å². The molecule has 3 heteroatoms. The fourth-order valence-electron chi connectivity index (χ4n) is 2.22. The van der Waals surface area contributed by atoms with Crippen molar-refractivity contribution < 1.29 is 0 Å². The highest BCUT2D eigenvalue weighted by molar-refractivity contribution is 5.14. The molecule has 1 fully saturated rings. The van der Waals surface area contributed by atoms with Gasteiger partial charge in [-0.25, -0.2) is 4.98 Å². The molecule has 1 heterocycles. The summed E-state index contributed by atoms with van der Waals surface area (Å²) in [6.45, 7) is 8.62. The maximum Gasteiger partial charge on any atom is 0.0953 e. The normalized spacial score (nSPS) is 18.2. The van der Waals surface area contributed by atoms with Crippen LogP contribution >= 0.6 is 0 Å². The first-order valence-corrected chi connectivity index (χ1v) is 5.65. The van der Waals surface area contributed by atoms with E-state index in [-0.39, 0.29) is 11.1 Å². The van der Waals surface area contributed by atoms with Gasteiger partial charge in [-0.3, -0.25) is 0 Å². The van der Waals surface area contributed by atoms with Crippen LogP contribution in [0, 0.1) is 5.92 Å². The minimum Gasteiger partial charge on any atom is -0.327 e. The molecule has 0 saturated heterocycles. The predicted octanol–water partition coefficient (Wildman–Crippen LogP) is 2.22. The Labute approximate surface area is 91.7 Å². The number of hydrogen-bond acceptors (Lipinski definition) is 2. The monoisotopic (exact) mass is 207 g/mol. The van der Waals surface area contributed by atoms with Crippen molar-refractivity contribution in [1.29, 1.82) is 0 Å². The van der Waals surface area contributed by atoms with Gasteiger partial charge in [0.05, 0.1) is 23.8 Å². The van der Waals surface area contributed by atoms with Crippen molar-refractivity contribution in [3.63, 3.8) is 0 Å². The molecule has 2 rings (SSSR count). The Hall–Kier alpha value is -0.830. The Kier molecular flexibility index (Phi) is 2.19. The summed E-state index contributed by atoms with van der Waals surface area (Å²) in [5, 5.41) is 0. The molecular formula is C12H21N3. The molecule has 0 bridgehead atoms. The van der Waals surface area contributed by atoms with Crippen molar-refractivity contribution in [3.05, 3.63) is 18.2 Å². The summed E-state index contributed by atoms with van der Waals surface area (Å²) in [7, 11) is 0. The molecule has 0 spiro atoms. The topological polar surface area (TPSA) is 43.8 Å². The zero-order valence-corrected chi connectivity index (χ0v) is 10.1. The van der Waals surface area contributed by atoms with E-state index in [4.69, 9.17) is 5.73 Å². The van der Waals surface area contributed by atoms with Crippen molar-refractivity contribution in [2.24, 2.45) is 11.7 Å². The average molecular weight is 207 g/mol. The highest BCUT2D eigenvalue weighted by atomic mass is 15.1. The van der Waals surface area contributed by atoms with Crippen molar-refractivity contribution in [1.82, 2.24) is 9.55 Å². The van der Waals surface area contributed by atoms with Crippen LogP contribution in [0.5, 0.6) is 0 Å². The summed E-state index contributed by atoms with van der Waals surface area (Å²) < 4.78 is 2.25. The minimum atomic E-state index is -0.317. The molecule has 3 nitrogen and oxygen atoms in total. The summed E-state index contributed by atoms with van der Waals surface area (Å²) in [6.07, 6.45) is 6.47. The number of aromatic nitrogens is 2. The van der Waals surface area contributed by atoms with E-state index in [0.29, 0.717) is 0 Å². The van der Waals surface area contributed by atoms with Crippen molar-refractivity contribution in [3.8, 4) is 0 Å². The smallest absolute Gasteiger partial charge is 0.0953 e. The molecule has 0 amide bonds. The van der Waals surface area contributed by atoms with Gasteiger partial charge in [-0.2, -0.15) is 0 Å². The zero-order valence-electron chi connectivity index (χ0n) is 10.1. The Morgan fingerprint density at radius 3 is 2.40 bits per heavy atom. The quantitative estimate of drug-likeness (QED) is 0.826. The fraction of sp³-hybridized carbons (Fsp3) is 0.750. The molecule has 84 valence electrons. The SMILES string of the molecule is CC(C)(N)c1cncn1C(C)(C)C1CC1. The lowest BCUT2D eigenvalue weighted by molar-refractivity contribution is 0.281. The zero-order chi connectivity index (χ0) is 11.3. The lowest BCUT2D eigenvalue weighted by Gasteiger charge is -2.32. The third-order valence-electron chi connectivity index (χ3n) is 3.50. The van der Waals surface area contributed by atoms with Gasteiger partial charge >= 0.3 is 0 Å². The Balaban J connectivity index is 2.40. The van der Waals surface area contributed by atoms with Gasteiger partial charge < -0.3 is 10.3 Å². The molecular weight excluding hydrogens is 186 g/mol. The van der Waals surface area contributed by atoms with Gasteiger partial charge in [0.1, 0.15) is 0 Å². The first-order chi connectivity index (χ1) is 6.83. The molecule has 0 unspecified atom stereocenters. The molecule has 1 aliphatic carbocycles. The van der Waals surface area contributed by atoms with Crippen LogP contribution in [0.25, 0.3) is 0 Å². The minimum absolute atomic E-state index is 0.155. The lowest BCUT2D eigenvalue weighted by atomic mass is 9.95. The van der Waals surface area contributed by atoms with Gasteiger partial charge in [0.25, 0.3) is 0 Å². The van der Waals surface area contributed by atoms with Crippen LogP contribution < -0.4 is 5.73 Å². The summed E-state index contributed by atoms with van der Waals surface area (Å²) in [5.41, 5.74) is 7.12. The van der Waals surface area contributed by atoms with Crippen LogP contribution in [-0.4, -0.2) is 9.55 Å². The Morgan fingerprint density at radius 2 is 1.93 bits per heavy atom. The van der Waals surface area contributed by atoms with Crippen molar-refractivity contribution >= 4 is 0 Å². The summed E-state index contributed by atoms with van der Waals surface area (Å²) in [4.78, 5) is 4.25. The van der Waals surface area contributed by atoms with Gasteiger partial charge in [0, 0.05) is 5.54 Å². The first kappa shape index (κ1) is 10.7. The average Bonchev–Trinajstić information content (AvgIpc) is 2.80. The van der Waals surface area contributed by atoms with Gasteiger partial charge in [-0.1, -0.05) is 0 Å². The maximum absolute atomic E-state index is 6.16. The molecule has 2 N–H and O–H groups in total. The molecule has 1 aromatic rings. The summed E-state index contributed by atoms with van der Waals surface area (Å²) in [5.74, 6) is 0.785. The van der Waals surface area contributed by atoms with E-state index in [1.165, 1.54) is 12.8 Å². The van der Waals surface area contributed by atoms with E-state index in [2.05, 4.69) is 23.4 Å². The van der Waals surface area contributed by atoms with Crippen molar-refractivity contribution in [2.75, 3.05) is 0 Å². The summed E-state index contributed by atoms with van der Waals surface area (Å²) >= 11 is 0. The van der Waals surface area contributed by atoms with E-state index in [1.807, 2.05) is 26.4 Å². The van der Waals surface area contributed by atoms with E-state index in [0.717, 1.165) is 11.6 Å². The van der Waals surface area contributed by atoms with E-state index in [1.54, 1.807) is 0 Å². The molecule has 0 radical (unpaired) electrons. The highest BCUT2D eigenvalue weighted by Gasteiger charge is 2.41. The van der Waals surface area contributed by atoms with Crippen molar-refractivity contribution in [2.45, 2.75) is 51.6 Å². The first-order valence-electron chi connectivity index (χ1n) is 5.65. The number of nitrogens with two attached hydrogens (primary N) is 1. The van der Waals surface area contributed by atoms with E-state index in [9.17, 15) is 0 Å². The second kappa shape index (κ2) is 3.08.